The van der Waals surface area contributed by atoms with Gasteiger partial charge in [0.25, 0.3) is 11.6 Å². The van der Waals surface area contributed by atoms with E-state index in [0.29, 0.717) is 43.5 Å². The van der Waals surface area contributed by atoms with E-state index < -0.39 is 17.6 Å². The zero-order chi connectivity index (χ0) is 23.3. The van der Waals surface area contributed by atoms with Crippen LogP contribution in [0.3, 0.4) is 0 Å². The van der Waals surface area contributed by atoms with E-state index >= 15 is 0 Å². The number of nitro benzene ring substituents is 1. The summed E-state index contributed by atoms with van der Waals surface area (Å²) in [7, 11) is 0. The number of hydrogen-bond donors (Lipinski definition) is 1. The van der Waals surface area contributed by atoms with E-state index in [2.05, 4.69) is 10.1 Å². The molecule has 1 unspecified atom stereocenters. The Hall–Kier alpha value is -3.56. The molecule has 170 valence electrons. The van der Waals surface area contributed by atoms with Crippen LogP contribution in [-0.2, 0) is 11.2 Å². The minimum Gasteiger partial charge on any atom is -0.435 e. The minimum atomic E-state index is -2.88. The molecule has 0 saturated carbocycles. The van der Waals surface area contributed by atoms with Gasteiger partial charge in [-0.25, -0.2) is 0 Å². The van der Waals surface area contributed by atoms with Crippen LogP contribution in [0.5, 0.6) is 5.75 Å². The molecule has 0 aliphatic carbocycles. The molecule has 1 fully saturated rings. The number of rotatable bonds is 8. The molecule has 1 saturated heterocycles. The predicted molar refractivity (Wildman–Crippen MR) is 112 cm³/mol. The number of carbonyl (C=O) groups excluding carboxylic acids is 2. The van der Waals surface area contributed by atoms with Crippen LogP contribution in [0.25, 0.3) is 0 Å². The van der Waals surface area contributed by atoms with Gasteiger partial charge in [-0.05, 0) is 56.0 Å². The van der Waals surface area contributed by atoms with E-state index in [9.17, 15) is 28.5 Å². The van der Waals surface area contributed by atoms with Crippen LogP contribution in [0, 0.1) is 17.0 Å². The van der Waals surface area contributed by atoms with Crippen molar-refractivity contribution in [1.29, 1.82) is 0 Å². The first-order chi connectivity index (χ1) is 15.3. The molecule has 1 N–H and O–H groups in total. The molecule has 1 aliphatic rings. The number of benzene rings is 2. The first kappa shape index (κ1) is 23.1. The molecule has 32 heavy (non-hydrogen) atoms. The SMILES string of the molecule is Cc1cc(C(=O)N2CCCC2C(=O)NCCc2ccc(OC(F)F)cc2)ccc1[N+](=O)[O-]. The molecular formula is C22H23F2N3O5. The van der Waals surface area contributed by atoms with Gasteiger partial charge in [0.15, 0.2) is 0 Å². The second-order valence-corrected chi connectivity index (χ2v) is 7.48. The summed E-state index contributed by atoms with van der Waals surface area (Å²) in [4.78, 5) is 37.6. The van der Waals surface area contributed by atoms with Crippen molar-refractivity contribution in [3.05, 3.63) is 69.3 Å². The fraction of sp³-hybridized carbons (Fsp3) is 0.364. The molecule has 0 radical (unpaired) electrons. The number of likely N-dealkylation sites (tertiary alicyclic amines) is 1. The van der Waals surface area contributed by atoms with E-state index in [0.717, 1.165) is 5.56 Å². The zero-order valence-corrected chi connectivity index (χ0v) is 17.4. The predicted octanol–water partition coefficient (Wildman–Crippen LogP) is 3.47. The first-order valence-electron chi connectivity index (χ1n) is 10.1. The monoisotopic (exact) mass is 447 g/mol. The van der Waals surface area contributed by atoms with Gasteiger partial charge in [0, 0.05) is 30.3 Å². The quantitative estimate of drug-likeness (QED) is 0.493. The summed E-state index contributed by atoms with van der Waals surface area (Å²) in [5.74, 6) is -0.545. The maximum absolute atomic E-state index is 12.9. The van der Waals surface area contributed by atoms with Crippen LogP contribution in [-0.4, -0.2) is 47.4 Å². The van der Waals surface area contributed by atoms with Crippen molar-refractivity contribution in [2.24, 2.45) is 0 Å². The molecular weight excluding hydrogens is 424 g/mol. The lowest BCUT2D eigenvalue weighted by molar-refractivity contribution is -0.385. The van der Waals surface area contributed by atoms with Crippen LogP contribution in [0.4, 0.5) is 14.5 Å². The van der Waals surface area contributed by atoms with Crippen molar-refractivity contribution < 1.29 is 28.0 Å². The first-order valence-corrected chi connectivity index (χ1v) is 10.1. The molecule has 3 rings (SSSR count). The number of nitrogens with one attached hydrogen (secondary N) is 1. The third-order valence-corrected chi connectivity index (χ3v) is 5.32. The Labute approximate surface area is 183 Å². The second-order valence-electron chi connectivity index (χ2n) is 7.48. The molecule has 1 atom stereocenters. The van der Waals surface area contributed by atoms with Crippen LogP contribution in [0.1, 0.15) is 34.3 Å². The van der Waals surface area contributed by atoms with Crippen molar-refractivity contribution in [2.45, 2.75) is 38.8 Å². The molecule has 10 heteroatoms. The fourth-order valence-electron chi connectivity index (χ4n) is 3.73. The van der Waals surface area contributed by atoms with Crippen molar-refractivity contribution in [1.82, 2.24) is 10.2 Å². The number of alkyl halides is 2. The lowest BCUT2D eigenvalue weighted by Crippen LogP contribution is -2.46. The van der Waals surface area contributed by atoms with Gasteiger partial charge >= 0.3 is 6.61 Å². The Bertz CT molecular complexity index is 998. The van der Waals surface area contributed by atoms with Crippen LogP contribution >= 0.6 is 0 Å². The van der Waals surface area contributed by atoms with E-state index in [1.165, 1.54) is 35.2 Å². The normalized spacial score (nSPS) is 15.6. The molecule has 2 amide bonds. The second kappa shape index (κ2) is 10.2. The summed E-state index contributed by atoms with van der Waals surface area (Å²) in [6, 6.07) is 9.72. The highest BCUT2D eigenvalue weighted by molar-refractivity contribution is 5.98. The van der Waals surface area contributed by atoms with E-state index in [4.69, 9.17) is 0 Å². The highest BCUT2D eigenvalue weighted by atomic mass is 19.3. The topological polar surface area (TPSA) is 102 Å². The highest BCUT2D eigenvalue weighted by Gasteiger charge is 2.34. The van der Waals surface area contributed by atoms with Gasteiger partial charge in [0.05, 0.1) is 4.92 Å². The van der Waals surface area contributed by atoms with Crippen LogP contribution < -0.4 is 10.1 Å². The average Bonchev–Trinajstić information content (AvgIpc) is 3.23. The average molecular weight is 447 g/mol. The fourth-order valence-corrected chi connectivity index (χ4v) is 3.73. The Morgan fingerprint density at radius 2 is 1.97 bits per heavy atom. The Balaban J connectivity index is 1.56. The molecule has 2 aromatic rings. The van der Waals surface area contributed by atoms with Gasteiger partial charge in [0.2, 0.25) is 5.91 Å². The van der Waals surface area contributed by atoms with Crippen LogP contribution in [0.15, 0.2) is 42.5 Å². The number of amides is 2. The lowest BCUT2D eigenvalue weighted by atomic mass is 10.1. The number of halogens is 2. The number of nitrogens with zero attached hydrogens (tertiary/aromatic N) is 2. The zero-order valence-electron chi connectivity index (χ0n) is 17.4. The number of ether oxygens (including phenoxy) is 1. The smallest absolute Gasteiger partial charge is 0.387 e. The van der Waals surface area contributed by atoms with Gasteiger partial charge < -0.3 is 15.0 Å². The summed E-state index contributed by atoms with van der Waals surface area (Å²) in [6.45, 7) is -0.566. The largest absolute Gasteiger partial charge is 0.435 e. The Morgan fingerprint density at radius 1 is 1.25 bits per heavy atom. The minimum absolute atomic E-state index is 0.0638. The lowest BCUT2D eigenvalue weighted by Gasteiger charge is -2.24. The van der Waals surface area contributed by atoms with Gasteiger partial charge in [-0.1, -0.05) is 12.1 Å². The number of carbonyl (C=O) groups is 2. The number of hydrogen-bond acceptors (Lipinski definition) is 5. The van der Waals surface area contributed by atoms with Crippen molar-refractivity contribution in [2.75, 3.05) is 13.1 Å². The van der Waals surface area contributed by atoms with Gasteiger partial charge in [-0.2, -0.15) is 8.78 Å². The van der Waals surface area contributed by atoms with Crippen molar-refractivity contribution in [3.63, 3.8) is 0 Å². The van der Waals surface area contributed by atoms with Crippen molar-refractivity contribution in [3.8, 4) is 5.75 Å². The molecule has 1 aliphatic heterocycles. The summed E-state index contributed by atoms with van der Waals surface area (Å²) in [6.07, 6.45) is 1.70. The molecule has 0 spiro atoms. The Kier molecular flexibility index (Phi) is 7.34. The van der Waals surface area contributed by atoms with Crippen molar-refractivity contribution >= 4 is 17.5 Å². The molecule has 1 heterocycles. The molecule has 2 aromatic carbocycles. The molecule has 0 bridgehead atoms. The van der Waals surface area contributed by atoms with E-state index in [1.54, 1.807) is 19.1 Å². The van der Waals surface area contributed by atoms with Gasteiger partial charge in [-0.3, -0.25) is 19.7 Å². The van der Waals surface area contributed by atoms with Gasteiger partial charge in [-0.15, -0.1) is 0 Å². The Morgan fingerprint density at radius 3 is 2.59 bits per heavy atom. The van der Waals surface area contributed by atoms with E-state index in [1.807, 2.05) is 0 Å². The number of aryl methyl sites for hydroxylation is 1. The summed E-state index contributed by atoms with van der Waals surface area (Å²) >= 11 is 0. The summed E-state index contributed by atoms with van der Waals surface area (Å²) < 4.78 is 28.7. The molecule has 0 aromatic heterocycles. The highest BCUT2D eigenvalue weighted by Crippen LogP contribution is 2.24. The maximum atomic E-state index is 12.9. The third kappa shape index (κ3) is 5.57. The summed E-state index contributed by atoms with van der Waals surface area (Å²) in [5.41, 5.74) is 1.46. The third-order valence-electron chi connectivity index (χ3n) is 5.32. The summed E-state index contributed by atoms with van der Waals surface area (Å²) in [5, 5.41) is 13.8. The van der Waals surface area contributed by atoms with Crippen LogP contribution in [0.2, 0.25) is 0 Å². The van der Waals surface area contributed by atoms with E-state index in [-0.39, 0.29) is 23.3 Å². The van der Waals surface area contributed by atoms with Gasteiger partial charge in [0.1, 0.15) is 11.8 Å². The molecule has 8 nitrogen and oxygen atoms in total. The standard InChI is InChI=1S/C22H23F2N3O5/c1-14-13-16(6-9-18(14)27(30)31)21(29)26-12-2-3-19(26)20(28)25-11-10-15-4-7-17(8-5-15)32-22(23)24/h4-9,13,19,22H,2-3,10-12H2,1H3,(H,25,28). The maximum Gasteiger partial charge on any atom is 0.387 e. The number of nitro groups is 1.